The van der Waals surface area contributed by atoms with Crippen molar-refractivity contribution >= 4 is 34.1 Å². The Morgan fingerprint density at radius 2 is 1.60 bits per heavy atom. The van der Waals surface area contributed by atoms with Crippen LogP contribution < -0.4 is 10.6 Å². The molecule has 0 unspecified atom stereocenters. The van der Waals surface area contributed by atoms with Crippen molar-refractivity contribution in [2.24, 2.45) is 7.05 Å². The van der Waals surface area contributed by atoms with Gasteiger partial charge in [0.2, 0.25) is 5.91 Å². The minimum Gasteiger partial charge on any atom is -0.321 e. The summed E-state index contributed by atoms with van der Waals surface area (Å²) in [6.45, 7) is 0. The Balaban J connectivity index is 1.39. The van der Waals surface area contributed by atoms with Crippen molar-refractivity contribution in [2.45, 2.75) is 12.8 Å². The average molecular weight is 398 g/mol. The molecule has 150 valence electrons. The third kappa shape index (κ3) is 4.55. The van der Waals surface area contributed by atoms with E-state index in [2.05, 4.69) is 15.7 Å². The maximum absolute atomic E-state index is 12.6. The molecule has 2 N–H and O–H groups in total. The smallest absolute Gasteiger partial charge is 0.276 e. The Labute approximate surface area is 174 Å². The fourth-order valence-corrected chi connectivity index (χ4v) is 3.27. The first kappa shape index (κ1) is 19.4. The first-order valence-electron chi connectivity index (χ1n) is 9.76. The molecule has 2 amide bonds. The Bertz CT molecular complexity index is 1200. The molecule has 0 fully saturated rings. The van der Waals surface area contributed by atoms with E-state index in [9.17, 15) is 9.59 Å². The number of benzene rings is 3. The quantitative estimate of drug-likeness (QED) is 0.506. The average Bonchev–Trinajstić information content (AvgIpc) is 3.13. The van der Waals surface area contributed by atoms with Gasteiger partial charge in [0.1, 0.15) is 5.82 Å². The van der Waals surface area contributed by atoms with Crippen molar-refractivity contribution in [3.8, 4) is 0 Å². The van der Waals surface area contributed by atoms with Crippen LogP contribution in [0.2, 0.25) is 0 Å². The summed E-state index contributed by atoms with van der Waals surface area (Å²) in [5.74, 6) is 0.0331. The molecule has 0 bridgehead atoms. The van der Waals surface area contributed by atoms with Gasteiger partial charge in [-0.15, -0.1) is 0 Å². The van der Waals surface area contributed by atoms with Crippen molar-refractivity contribution in [1.29, 1.82) is 0 Å². The lowest BCUT2D eigenvalue weighted by molar-refractivity contribution is -0.116. The third-order valence-corrected chi connectivity index (χ3v) is 4.87. The number of carbonyl (C=O) groups is 2. The topological polar surface area (TPSA) is 76.0 Å². The summed E-state index contributed by atoms with van der Waals surface area (Å²) in [4.78, 5) is 24.9. The van der Waals surface area contributed by atoms with E-state index in [0.29, 0.717) is 24.3 Å². The number of nitrogens with one attached hydrogen (secondary N) is 2. The number of aromatic nitrogens is 2. The lowest BCUT2D eigenvalue weighted by Gasteiger charge is -2.05. The van der Waals surface area contributed by atoms with E-state index < -0.39 is 0 Å². The number of aryl methyl sites for hydroxylation is 2. The van der Waals surface area contributed by atoms with Crippen molar-refractivity contribution in [2.75, 3.05) is 10.6 Å². The van der Waals surface area contributed by atoms with Gasteiger partial charge in [-0.05, 0) is 34.9 Å². The third-order valence-electron chi connectivity index (χ3n) is 4.87. The Morgan fingerprint density at radius 1 is 0.867 bits per heavy atom. The SMILES string of the molecule is Cn1nc(C(=O)Nc2ccc3ccccc3c2)cc1NC(=O)CCc1ccccc1. The van der Waals surface area contributed by atoms with Gasteiger partial charge >= 0.3 is 0 Å². The normalized spacial score (nSPS) is 10.7. The molecular formula is C24H22N4O2. The molecule has 6 heteroatoms. The summed E-state index contributed by atoms with van der Waals surface area (Å²) in [6, 6.07) is 25.1. The standard InChI is InChI=1S/C24H22N4O2/c1-28-22(26-23(29)14-11-17-7-3-2-4-8-17)16-21(27-28)24(30)25-20-13-12-18-9-5-6-10-19(18)15-20/h2-10,12-13,15-16H,11,14H2,1H3,(H,25,30)(H,26,29). The highest BCUT2D eigenvalue weighted by Gasteiger charge is 2.15. The Morgan fingerprint density at radius 3 is 2.40 bits per heavy atom. The minimum atomic E-state index is -0.328. The highest BCUT2D eigenvalue weighted by atomic mass is 16.2. The van der Waals surface area contributed by atoms with E-state index >= 15 is 0 Å². The molecule has 1 heterocycles. The molecule has 6 nitrogen and oxygen atoms in total. The van der Waals surface area contributed by atoms with Crippen LogP contribution in [0, 0.1) is 0 Å². The highest BCUT2D eigenvalue weighted by molar-refractivity contribution is 6.05. The fraction of sp³-hybridized carbons (Fsp3) is 0.125. The van der Waals surface area contributed by atoms with Crippen LogP contribution in [0.15, 0.2) is 78.9 Å². The molecule has 0 spiro atoms. The molecule has 4 aromatic rings. The van der Waals surface area contributed by atoms with E-state index in [-0.39, 0.29) is 17.5 Å². The molecule has 0 atom stereocenters. The van der Waals surface area contributed by atoms with Crippen molar-refractivity contribution in [3.63, 3.8) is 0 Å². The largest absolute Gasteiger partial charge is 0.321 e. The van der Waals surface area contributed by atoms with Gasteiger partial charge in [0.25, 0.3) is 5.91 Å². The molecule has 0 radical (unpaired) electrons. The number of carbonyl (C=O) groups excluding carboxylic acids is 2. The Hall–Kier alpha value is -3.93. The zero-order valence-corrected chi connectivity index (χ0v) is 16.6. The van der Waals surface area contributed by atoms with Gasteiger partial charge in [0.05, 0.1) is 0 Å². The number of amides is 2. The van der Waals surface area contributed by atoms with Gasteiger partial charge in [0, 0.05) is 25.2 Å². The van der Waals surface area contributed by atoms with Gasteiger partial charge in [-0.2, -0.15) is 5.10 Å². The zero-order valence-electron chi connectivity index (χ0n) is 16.6. The van der Waals surface area contributed by atoms with E-state index in [1.807, 2.05) is 72.8 Å². The monoisotopic (exact) mass is 398 g/mol. The highest BCUT2D eigenvalue weighted by Crippen LogP contribution is 2.20. The van der Waals surface area contributed by atoms with Gasteiger partial charge in [0.15, 0.2) is 5.69 Å². The number of nitrogens with zero attached hydrogens (tertiary/aromatic N) is 2. The minimum absolute atomic E-state index is 0.122. The second-order valence-electron chi connectivity index (χ2n) is 7.09. The fourth-order valence-electron chi connectivity index (χ4n) is 3.27. The first-order chi connectivity index (χ1) is 14.6. The van der Waals surface area contributed by atoms with Gasteiger partial charge < -0.3 is 10.6 Å². The molecule has 0 aliphatic rings. The number of anilines is 2. The second-order valence-corrected chi connectivity index (χ2v) is 7.09. The summed E-state index contributed by atoms with van der Waals surface area (Å²) in [5.41, 5.74) is 2.04. The van der Waals surface area contributed by atoms with Crippen molar-refractivity contribution in [3.05, 3.63) is 90.1 Å². The van der Waals surface area contributed by atoms with Crippen molar-refractivity contribution in [1.82, 2.24) is 9.78 Å². The maximum atomic E-state index is 12.6. The van der Waals surface area contributed by atoms with Crippen LogP contribution >= 0.6 is 0 Å². The first-order valence-corrected chi connectivity index (χ1v) is 9.76. The molecule has 0 saturated carbocycles. The molecule has 0 aliphatic carbocycles. The van der Waals surface area contributed by atoms with Crippen LogP contribution in [0.5, 0.6) is 0 Å². The second kappa shape index (κ2) is 8.61. The van der Waals surface area contributed by atoms with Gasteiger partial charge in [-0.25, -0.2) is 0 Å². The summed E-state index contributed by atoms with van der Waals surface area (Å²) in [6.07, 6.45) is 1.01. The predicted octanol–water partition coefficient (Wildman–Crippen LogP) is 4.40. The molecule has 1 aromatic heterocycles. The zero-order chi connectivity index (χ0) is 20.9. The number of rotatable bonds is 6. The van der Waals surface area contributed by atoms with Crippen LogP contribution in [-0.4, -0.2) is 21.6 Å². The van der Waals surface area contributed by atoms with Gasteiger partial charge in [-0.3, -0.25) is 14.3 Å². The Kier molecular flexibility index (Phi) is 5.57. The number of hydrogen-bond donors (Lipinski definition) is 2. The van der Waals surface area contributed by atoms with Crippen LogP contribution in [0.4, 0.5) is 11.5 Å². The summed E-state index contributed by atoms with van der Waals surface area (Å²) >= 11 is 0. The summed E-state index contributed by atoms with van der Waals surface area (Å²) in [7, 11) is 1.69. The molecule has 4 rings (SSSR count). The molecular weight excluding hydrogens is 376 g/mol. The van der Waals surface area contributed by atoms with Crippen molar-refractivity contribution < 1.29 is 9.59 Å². The molecule has 3 aromatic carbocycles. The summed E-state index contributed by atoms with van der Waals surface area (Å²) in [5, 5.41) is 12.1. The van der Waals surface area contributed by atoms with Crippen LogP contribution in [-0.2, 0) is 18.3 Å². The van der Waals surface area contributed by atoms with Gasteiger partial charge in [-0.1, -0.05) is 60.7 Å². The summed E-state index contributed by atoms with van der Waals surface area (Å²) < 4.78 is 1.50. The molecule has 30 heavy (non-hydrogen) atoms. The van der Waals surface area contributed by atoms with E-state index in [1.54, 1.807) is 13.1 Å². The van der Waals surface area contributed by atoms with Crippen LogP contribution in [0.1, 0.15) is 22.5 Å². The molecule has 0 aliphatic heterocycles. The maximum Gasteiger partial charge on any atom is 0.276 e. The molecule has 0 saturated heterocycles. The lowest BCUT2D eigenvalue weighted by atomic mass is 10.1. The van der Waals surface area contributed by atoms with E-state index in [4.69, 9.17) is 0 Å². The van der Waals surface area contributed by atoms with E-state index in [0.717, 1.165) is 16.3 Å². The van der Waals surface area contributed by atoms with E-state index in [1.165, 1.54) is 4.68 Å². The number of hydrogen-bond acceptors (Lipinski definition) is 3. The number of fused-ring (bicyclic) bond motifs is 1. The lowest BCUT2D eigenvalue weighted by Crippen LogP contribution is -2.14. The predicted molar refractivity (Wildman–Crippen MR) is 119 cm³/mol. The van der Waals surface area contributed by atoms with Crippen LogP contribution in [0.3, 0.4) is 0 Å². The van der Waals surface area contributed by atoms with Crippen LogP contribution in [0.25, 0.3) is 10.8 Å².